The van der Waals surface area contributed by atoms with Gasteiger partial charge in [-0.05, 0) is 86.8 Å². The number of hydrogen-bond donors (Lipinski definition) is 1. The highest BCUT2D eigenvalue weighted by Crippen LogP contribution is 2.47. The first-order chi connectivity index (χ1) is 17.3. The van der Waals surface area contributed by atoms with E-state index in [9.17, 15) is 5.11 Å². The summed E-state index contributed by atoms with van der Waals surface area (Å²) in [7, 11) is 0. The van der Waals surface area contributed by atoms with Gasteiger partial charge in [0.1, 0.15) is 17.2 Å². The van der Waals surface area contributed by atoms with Crippen LogP contribution in [0.1, 0.15) is 67.1 Å². The topological polar surface area (TPSA) is 41.9 Å². The average molecular weight is 472 g/mol. The van der Waals surface area contributed by atoms with Gasteiger partial charge in [-0.25, -0.2) is 0 Å². The van der Waals surface area contributed by atoms with E-state index in [-0.39, 0.29) is 17.6 Å². The van der Waals surface area contributed by atoms with E-state index in [1.54, 1.807) is 6.07 Å². The number of nitrogens with zero attached hydrogens (tertiary/aromatic N) is 1. The largest absolute Gasteiger partial charge is 0.508 e. The van der Waals surface area contributed by atoms with Gasteiger partial charge in [-0.15, -0.1) is 0 Å². The lowest BCUT2D eigenvalue weighted by molar-refractivity contribution is 0.248. The summed E-state index contributed by atoms with van der Waals surface area (Å²) < 4.78 is 12.2. The molecule has 4 nitrogen and oxygen atoms in total. The minimum atomic E-state index is 0.109. The van der Waals surface area contributed by atoms with Crippen LogP contribution in [0.3, 0.4) is 0 Å². The summed E-state index contributed by atoms with van der Waals surface area (Å²) in [5.74, 6) is 2.33. The minimum Gasteiger partial charge on any atom is -0.508 e. The second-order valence-electron chi connectivity index (χ2n) is 9.91. The normalized spacial score (nSPS) is 19.8. The highest BCUT2D eigenvalue weighted by molar-refractivity contribution is 5.51. The van der Waals surface area contributed by atoms with E-state index in [4.69, 9.17) is 9.47 Å². The molecule has 1 N–H and O–H groups in total. The summed E-state index contributed by atoms with van der Waals surface area (Å²) in [6.07, 6.45) is 7.68. The van der Waals surface area contributed by atoms with E-state index in [2.05, 4.69) is 53.4 Å². The van der Waals surface area contributed by atoms with E-state index in [1.165, 1.54) is 62.9 Å². The molecule has 0 aliphatic carbocycles. The highest BCUT2D eigenvalue weighted by atomic mass is 16.5. The van der Waals surface area contributed by atoms with Crippen molar-refractivity contribution >= 4 is 0 Å². The number of hydrogen-bond acceptors (Lipinski definition) is 4. The van der Waals surface area contributed by atoms with Crippen LogP contribution in [0.15, 0.2) is 72.8 Å². The van der Waals surface area contributed by atoms with E-state index in [1.807, 2.05) is 18.2 Å². The van der Waals surface area contributed by atoms with Crippen LogP contribution in [0.25, 0.3) is 0 Å². The van der Waals surface area contributed by atoms with E-state index in [0.29, 0.717) is 6.61 Å². The summed E-state index contributed by atoms with van der Waals surface area (Å²) in [6, 6.07) is 24.5. The molecule has 3 aromatic rings. The molecule has 184 valence electrons. The molecular weight excluding hydrogens is 434 g/mol. The lowest BCUT2D eigenvalue weighted by Crippen LogP contribution is -2.25. The molecule has 0 radical (unpaired) electrons. The van der Waals surface area contributed by atoms with Gasteiger partial charge in [0.25, 0.3) is 0 Å². The first-order valence-corrected chi connectivity index (χ1v) is 13.2. The van der Waals surface area contributed by atoms with Gasteiger partial charge in [0.05, 0.1) is 13.2 Å². The summed E-state index contributed by atoms with van der Waals surface area (Å²) >= 11 is 0. The van der Waals surface area contributed by atoms with Gasteiger partial charge in [0, 0.05) is 17.4 Å². The van der Waals surface area contributed by atoms with Crippen LogP contribution in [0.2, 0.25) is 0 Å². The monoisotopic (exact) mass is 471 g/mol. The van der Waals surface area contributed by atoms with Gasteiger partial charge in [0.15, 0.2) is 0 Å². The lowest BCUT2D eigenvalue weighted by Gasteiger charge is -2.34. The molecule has 5 rings (SSSR count). The zero-order valence-corrected chi connectivity index (χ0v) is 20.6. The molecule has 0 bridgehead atoms. The predicted octanol–water partition coefficient (Wildman–Crippen LogP) is 6.74. The van der Waals surface area contributed by atoms with Crippen molar-refractivity contribution in [3.63, 3.8) is 0 Å². The molecule has 0 saturated carbocycles. The fourth-order valence-corrected chi connectivity index (χ4v) is 5.56. The Morgan fingerprint density at radius 3 is 2.40 bits per heavy atom. The smallest absolute Gasteiger partial charge is 0.123 e. The molecule has 0 aromatic heterocycles. The molecule has 0 spiro atoms. The van der Waals surface area contributed by atoms with Gasteiger partial charge in [0.2, 0.25) is 0 Å². The van der Waals surface area contributed by atoms with Crippen molar-refractivity contribution in [1.29, 1.82) is 0 Å². The molecule has 1 saturated heterocycles. The molecule has 2 heterocycles. The van der Waals surface area contributed by atoms with Crippen molar-refractivity contribution < 1.29 is 14.6 Å². The number of unbranched alkanes of at least 4 members (excludes halogenated alkanes) is 3. The van der Waals surface area contributed by atoms with E-state index in [0.717, 1.165) is 30.1 Å². The number of ether oxygens (including phenoxy) is 2. The Balaban J connectivity index is 1.20. The summed E-state index contributed by atoms with van der Waals surface area (Å²) in [4.78, 5) is 2.60. The molecule has 0 amide bonds. The maximum absolute atomic E-state index is 10.2. The number of aromatic hydroxyl groups is 1. The first-order valence-electron chi connectivity index (χ1n) is 13.2. The van der Waals surface area contributed by atoms with Crippen LogP contribution in [0.4, 0.5) is 0 Å². The zero-order chi connectivity index (χ0) is 23.9. The van der Waals surface area contributed by atoms with Gasteiger partial charge in [-0.2, -0.15) is 0 Å². The average Bonchev–Trinajstić information content (AvgIpc) is 3.42. The Morgan fingerprint density at radius 1 is 0.829 bits per heavy atom. The number of phenolic OH excluding ortho intramolecular Hbond substituents is 1. The Labute approximate surface area is 209 Å². The second-order valence-corrected chi connectivity index (χ2v) is 9.91. The van der Waals surface area contributed by atoms with E-state index < -0.39 is 0 Å². The Hall–Kier alpha value is -2.98. The summed E-state index contributed by atoms with van der Waals surface area (Å²) in [5, 5.41) is 10.2. The molecule has 4 heteroatoms. The second kappa shape index (κ2) is 11.6. The third kappa shape index (κ3) is 5.99. The number of benzene rings is 3. The van der Waals surface area contributed by atoms with Gasteiger partial charge < -0.3 is 19.5 Å². The summed E-state index contributed by atoms with van der Waals surface area (Å²) in [5.41, 5.74) is 3.49. The quantitative estimate of drug-likeness (QED) is 0.333. The van der Waals surface area contributed by atoms with Gasteiger partial charge in [-0.1, -0.05) is 55.3 Å². The third-order valence-corrected chi connectivity index (χ3v) is 7.45. The van der Waals surface area contributed by atoms with Crippen LogP contribution in [-0.2, 0) is 0 Å². The fourth-order valence-electron chi connectivity index (χ4n) is 5.56. The zero-order valence-electron chi connectivity index (χ0n) is 20.6. The highest BCUT2D eigenvalue weighted by Gasteiger charge is 2.33. The third-order valence-electron chi connectivity index (χ3n) is 7.45. The molecule has 1 fully saturated rings. The van der Waals surface area contributed by atoms with Gasteiger partial charge >= 0.3 is 0 Å². The Bertz CT molecular complexity index is 1060. The molecular formula is C31H37NO3. The number of likely N-dealkylation sites (tertiary alicyclic amines) is 1. The molecule has 35 heavy (non-hydrogen) atoms. The predicted molar refractivity (Wildman–Crippen MR) is 141 cm³/mol. The maximum atomic E-state index is 10.2. The van der Waals surface area contributed by atoms with Crippen LogP contribution < -0.4 is 9.47 Å². The van der Waals surface area contributed by atoms with E-state index >= 15 is 0 Å². The number of phenols is 1. The van der Waals surface area contributed by atoms with Crippen molar-refractivity contribution in [2.24, 2.45) is 0 Å². The number of fused-ring (bicyclic) bond motifs is 1. The first kappa shape index (κ1) is 23.7. The molecule has 2 aliphatic heterocycles. The SMILES string of the molecule is Oc1ccc2c(c1)[C@H](c1ccc(OCCCCCCN3CCCC3)cc1)[C@@H](c1ccccc1)CO2. The Morgan fingerprint density at radius 2 is 1.60 bits per heavy atom. The minimum absolute atomic E-state index is 0.109. The molecule has 2 aliphatic rings. The van der Waals surface area contributed by atoms with Crippen molar-refractivity contribution in [3.05, 3.63) is 89.5 Å². The van der Waals surface area contributed by atoms with Crippen molar-refractivity contribution in [2.45, 2.75) is 50.4 Å². The molecule has 3 aromatic carbocycles. The van der Waals surface area contributed by atoms with Gasteiger partial charge in [-0.3, -0.25) is 0 Å². The molecule has 2 atom stereocenters. The van der Waals surface area contributed by atoms with Crippen LogP contribution in [0.5, 0.6) is 17.2 Å². The maximum Gasteiger partial charge on any atom is 0.123 e. The lowest BCUT2D eigenvalue weighted by atomic mass is 9.76. The van der Waals surface area contributed by atoms with Crippen LogP contribution in [0, 0.1) is 0 Å². The Kier molecular flexibility index (Phi) is 7.89. The van der Waals surface area contributed by atoms with Crippen LogP contribution >= 0.6 is 0 Å². The van der Waals surface area contributed by atoms with Crippen molar-refractivity contribution in [3.8, 4) is 17.2 Å². The summed E-state index contributed by atoms with van der Waals surface area (Å²) in [6.45, 7) is 5.24. The fraction of sp³-hybridized carbons (Fsp3) is 0.419. The van der Waals surface area contributed by atoms with Crippen LogP contribution in [-0.4, -0.2) is 42.9 Å². The molecule has 0 unspecified atom stereocenters. The van der Waals surface area contributed by atoms with Crippen molar-refractivity contribution in [1.82, 2.24) is 4.90 Å². The standard InChI is InChI=1S/C31H37NO3/c33-26-14-17-30-28(22-26)31(29(23-35-30)24-10-4-3-5-11-24)25-12-15-27(16-13-25)34-21-9-2-1-6-18-32-19-7-8-20-32/h3-5,10-17,22,29,31,33H,1-2,6-9,18-21,23H2/t29-,31+/m1/s1. The number of rotatable bonds is 10. The van der Waals surface area contributed by atoms with Crippen molar-refractivity contribution in [2.75, 3.05) is 32.8 Å².